The zero-order valence-corrected chi connectivity index (χ0v) is 9.91. The number of hydrogen-bond donors (Lipinski definition) is 1. The van der Waals surface area contributed by atoms with E-state index >= 15 is 0 Å². The number of aromatic nitrogens is 1. The first kappa shape index (κ1) is 11.4. The predicted octanol–water partition coefficient (Wildman–Crippen LogP) is 2.16. The number of piperidine rings is 1. The second-order valence-corrected chi connectivity index (χ2v) is 4.52. The SMILES string of the molecule is Cc1ccc(OCC[C@H]2CCCNC2)nc1. The van der Waals surface area contributed by atoms with Gasteiger partial charge < -0.3 is 10.1 Å². The van der Waals surface area contributed by atoms with Crippen LogP contribution in [0.15, 0.2) is 18.3 Å². The molecule has 3 nitrogen and oxygen atoms in total. The molecule has 88 valence electrons. The third-order valence-electron chi connectivity index (χ3n) is 3.06. The molecule has 3 heteroatoms. The summed E-state index contributed by atoms with van der Waals surface area (Å²) in [6, 6.07) is 3.97. The molecule has 0 amide bonds. The molecule has 2 rings (SSSR count). The summed E-state index contributed by atoms with van der Waals surface area (Å²) in [5.74, 6) is 1.52. The molecular weight excluding hydrogens is 200 g/mol. The van der Waals surface area contributed by atoms with Gasteiger partial charge >= 0.3 is 0 Å². The van der Waals surface area contributed by atoms with Gasteiger partial charge in [-0.25, -0.2) is 4.98 Å². The molecule has 0 aromatic carbocycles. The first-order chi connectivity index (χ1) is 7.84. The average molecular weight is 220 g/mol. The van der Waals surface area contributed by atoms with Crippen molar-refractivity contribution in [2.45, 2.75) is 26.2 Å². The molecule has 1 aliphatic heterocycles. The summed E-state index contributed by atoms with van der Waals surface area (Å²) in [6.45, 7) is 5.13. The van der Waals surface area contributed by atoms with E-state index in [9.17, 15) is 0 Å². The minimum atomic E-state index is 0.745. The van der Waals surface area contributed by atoms with Gasteiger partial charge in [0, 0.05) is 12.3 Å². The van der Waals surface area contributed by atoms with E-state index in [0.29, 0.717) is 0 Å². The lowest BCUT2D eigenvalue weighted by molar-refractivity contribution is 0.247. The van der Waals surface area contributed by atoms with Crippen LogP contribution in [-0.4, -0.2) is 24.7 Å². The molecule has 0 aliphatic carbocycles. The molecule has 1 atom stereocenters. The molecule has 1 aliphatic rings. The fraction of sp³-hybridized carbons (Fsp3) is 0.615. The van der Waals surface area contributed by atoms with E-state index in [2.05, 4.69) is 10.3 Å². The normalized spacial score (nSPS) is 20.7. The van der Waals surface area contributed by atoms with E-state index < -0.39 is 0 Å². The van der Waals surface area contributed by atoms with Crippen LogP contribution >= 0.6 is 0 Å². The zero-order chi connectivity index (χ0) is 11.2. The highest BCUT2D eigenvalue weighted by atomic mass is 16.5. The zero-order valence-electron chi connectivity index (χ0n) is 9.91. The Kier molecular flexibility index (Phi) is 4.17. The van der Waals surface area contributed by atoms with Crippen LogP contribution in [0.2, 0.25) is 0 Å². The first-order valence-corrected chi connectivity index (χ1v) is 6.11. The molecule has 1 N–H and O–H groups in total. The maximum absolute atomic E-state index is 5.62. The van der Waals surface area contributed by atoms with Crippen molar-refractivity contribution in [3.05, 3.63) is 23.9 Å². The average Bonchev–Trinajstić information content (AvgIpc) is 2.33. The molecule has 1 saturated heterocycles. The Balaban J connectivity index is 1.69. The molecule has 0 spiro atoms. The fourth-order valence-electron chi connectivity index (χ4n) is 2.04. The van der Waals surface area contributed by atoms with E-state index in [1.165, 1.54) is 24.9 Å². The standard InChI is InChI=1S/C13H20N2O/c1-11-4-5-13(15-9-11)16-8-6-12-3-2-7-14-10-12/h4-5,9,12,14H,2-3,6-8,10H2,1H3/t12-/m1/s1. The summed E-state index contributed by atoms with van der Waals surface area (Å²) in [6.07, 6.45) is 5.60. The van der Waals surface area contributed by atoms with Crippen LogP contribution < -0.4 is 10.1 Å². The largest absolute Gasteiger partial charge is 0.478 e. The van der Waals surface area contributed by atoms with Crippen LogP contribution in [0.5, 0.6) is 5.88 Å². The van der Waals surface area contributed by atoms with Gasteiger partial charge in [0.15, 0.2) is 0 Å². The minimum Gasteiger partial charge on any atom is -0.478 e. The van der Waals surface area contributed by atoms with Gasteiger partial charge in [-0.15, -0.1) is 0 Å². The highest BCUT2D eigenvalue weighted by Gasteiger charge is 2.12. The molecule has 0 saturated carbocycles. The Hall–Kier alpha value is -1.09. The topological polar surface area (TPSA) is 34.1 Å². The number of hydrogen-bond acceptors (Lipinski definition) is 3. The summed E-state index contributed by atoms with van der Waals surface area (Å²) < 4.78 is 5.62. The van der Waals surface area contributed by atoms with Crippen molar-refractivity contribution in [2.24, 2.45) is 5.92 Å². The molecule has 2 heterocycles. The Morgan fingerprint density at radius 3 is 3.12 bits per heavy atom. The van der Waals surface area contributed by atoms with E-state index in [1.54, 1.807) is 0 Å². The van der Waals surface area contributed by atoms with E-state index in [0.717, 1.165) is 31.4 Å². The van der Waals surface area contributed by atoms with Gasteiger partial charge in [-0.05, 0) is 50.8 Å². The lowest BCUT2D eigenvalue weighted by atomic mass is 9.97. The molecule has 0 unspecified atom stereocenters. The van der Waals surface area contributed by atoms with Crippen molar-refractivity contribution < 1.29 is 4.74 Å². The summed E-state index contributed by atoms with van der Waals surface area (Å²) >= 11 is 0. The highest BCUT2D eigenvalue weighted by molar-refractivity contribution is 5.16. The van der Waals surface area contributed by atoms with Crippen molar-refractivity contribution in [3.63, 3.8) is 0 Å². The quantitative estimate of drug-likeness (QED) is 0.844. The van der Waals surface area contributed by atoms with Gasteiger partial charge in [-0.2, -0.15) is 0 Å². The number of ether oxygens (including phenoxy) is 1. The van der Waals surface area contributed by atoms with Gasteiger partial charge in [-0.3, -0.25) is 0 Å². The molecular formula is C13H20N2O. The van der Waals surface area contributed by atoms with Crippen molar-refractivity contribution in [1.29, 1.82) is 0 Å². The number of nitrogens with zero attached hydrogens (tertiary/aromatic N) is 1. The first-order valence-electron chi connectivity index (χ1n) is 6.11. The molecule has 0 bridgehead atoms. The van der Waals surface area contributed by atoms with Gasteiger partial charge in [0.25, 0.3) is 0 Å². The van der Waals surface area contributed by atoms with Crippen molar-refractivity contribution in [1.82, 2.24) is 10.3 Å². The van der Waals surface area contributed by atoms with Crippen molar-refractivity contribution >= 4 is 0 Å². The van der Waals surface area contributed by atoms with Gasteiger partial charge in [0.05, 0.1) is 6.61 Å². The fourth-order valence-corrected chi connectivity index (χ4v) is 2.04. The maximum atomic E-state index is 5.62. The third-order valence-corrected chi connectivity index (χ3v) is 3.06. The lowest BCUT2D eigenvalue weighted by Gasteiger charge is -2.22. The number of nitrogens with one attached hydrogen (secondary N) is 1. The van der Waals surface area contributed by atoms with Crippen LogP contribution in [0.25, 0.3) is 0 Å². The Bertz CT molecular complexity index is 304. The molecule has 1 aromatic heterocycles. The van der Waals surface area contributed by atoms with Crippen LogP contribution in [0.3, 0.4) is 0 Å². The number of aryl methyl sites for hydroxylation is 1. The van der Waals surface area contributed by atoms with Gasteiger partial charge in [-0.1, -0.05) is 6.07 Å². The van der Waals surface area contributed by atoms with Gasteiger partial charge in [0.2, 0.25) is 5.88 Å². The third kappa shape index (κ3) is 3.49. The Labute approximate surface area is 97.2 Å². The maximum Gasteiger partial charge on any atom is 0.213 e. The summed E-state index contributed by atoms with van der Waals surface area (Å²) in [5, 5.41) is 3.42. The van der Waals surface area contributed by atoms with E-state index in [1.807, 2.05) is 25.3 Å². The minimum absolute atomic E-state index is 0.745. The summed E-state index contributed by atoms with van der Waals surface area (Å²) in [7, 11) is 0. The van der Waals surface area contributed by atoms with Crippen LogP contribution in [0.1, 0.15) is 24.8 Å². The summed E-state index contributed by atoms with van der Waals surface area (Å²) in [5.41, 5.74) is 1.17. The van der Waals surface area contributed by atoms with Crippen LogP contribution in [-0.2, 0) is 0 Å². The Morgan fingerprint density at radius 1 is 1.50 bits per heavy atom. The molecule has 0 radical (unpaired) electrons. The van der Waals surface area contributed by atoms with Crippen LogP contribution in [0, 0.1) is 12.8 Å². The lowest BCUT2D eigenvalue weighted by Crippen LogP contribution is -2.30. The monoisotopic (exact) mass is 220 g/mol. The second-order valence-electron chi connectivity index (χ2n) is 4.52. The molecule has 16 heavy (non-hydrogen) atoms. The summed E-state index contributed by atoms with van der Waals surface area (Å²) in [4.78, 5) is 4.22. The van der Waals surface area contributed by atoms with Crippen molar-refractivity contribution in [3.8, 4) is 5.88 Å². The van der Waals surface area contributed by atoms with E-state index in [-0.39, 0.29) is 0 Å². The van der Waals surface area contributed by atoms with Crippen molar-refractivity contribution in [2.75, 3.05) is 19.7 Å². The molecule has 1 fully saturated rings. The smallest absolute Gasteiger partial charge is 0.213 e. The number of pyridine rings is 1. The number of rotatable bonds is 4. The molecule has 1 aromatic rings. The predicted molar refractivity (Wildman–Crippen MR) is 64.7 cm³/mol. The van der Waals surface area contributed by atoms with E-state index in [4.69, 9.17) is 4.74 Å². The highest BCUT2D eigenvalue weighted by Crippen LogP contribution is 2.15. The Morgan fingerprint density at radius 2 is 2.44 bits per heavy atom. The second kappa shape index (κ2) is 5.85. The van der Waals surface area contributed by atoms with Gasteiger partial charge in [0.1, 0.15) is 0 Å². The van der Waals surface area contributed by atoms with Crippen LogP contribution in [0.4, 0.5) is 0 Å².